The largest absolute Gasteiger partial charge is 0.393 e. The summed E-state index contributed by atoms with van der Waals surface area (Å²) in [5.74, 6) is 1.19. The molecular formula is C15H16N6. The minimum absolute atomic E-state index is 0.482. The van der Waals surface area contributed by atoms with Gasteiger partial charge in [0.2, 0.25) is 0 Å². The molecule has 0 atom stereocenters. The first kappa shape index (κ1) is 13.1. The Bertz CT molecular complexity index is 764. The molecule has 0 fully saturated rings. The topological polar surface area (TPSA) is 81.7 Å². The third-order valence-corrected chi connectivity index (χ3v) is 3.25. The van der Waals surface area contributed by atoms with Crippen molar-refractivity contribution in [2.75, 3.05) is 11.1 Å². The minimum Gasteiger partial charge on any atom is -0.393 e. The molecule has 1 aromatic carbocycles. The Hall–Kier alpha value is -2.89. The van der Waals surface area contributed by atoms with Gasteiger partial charge in [-0.15, -0.1) is 0 Å². The van der Waals surface area contributed by atoms with Crippen molar-refractivity contribution in [1.29, 1.82) is 0 Å². The van der Waals surface area contributed by atoms with Gasteiger partial charge in [-0.2, -0.15) is 0 Å². The molecule has 0 bridgehead atoms. The van der Waals surface area contributed by atoms with Crippen molar-refractivity contribution in [3.63, 3.8) is 0 Å². The van der Waals surface area contributed by atoms with E-state index >= 15 is 0 Å². The van der Waals surface area contributed by atoms with Crippen molar-refractivity contribution >= 4 is 17.2 Å². The van der Waals surface area contributed by atoms with Crippen molar-refractivity contribution in [2.45, 2.75) is 13.8 Å². The first-order valence-electron chi connectivity index (χ1n) is 6.58. The molecule has 2 aromatic heterocycles. The molecule has 0 aliphatic rings. The summed E-state index contributed by atoms with van der Waals surface area (Å²) >= 11 is 0. The molecule has 0 saturated carbocycles. The van der Waals surface area contributed by atoms with Gasteiger partial charge in [-0.1, -0.05) is 17.7 Å². The van der Waals surface area contributed by atoms with Gasteiger partial charge >= 0.3 is 0 Å². The van der Waals surface area contributed by atoms with Crippen molar-refractivity contribution in [3.8, 4) is 5.82 Å². The second kappa shape index (κ2) is 5.24. The zero-order valence-corrected chi connectivity index (χ0v) is 11.9. The number of nitrogens with one attached hydrogen (secondary N) is 1. The maximum Gasteiger partial charge on any atom is 0.166 e. The van der Waals surface area contributed by atoms with E-state index < -0.39 is 0 Å². The molecule has 0 aliphatic heterocycles. The van der Waals surface area contributed by atoms with Crippen molar-refractivity contribution in [3.05, 3.63) is 54.4 Å². The molecule has 0 radical (unpaired) electrons. The van der Waals surface area contributed by atoms with Gasteiger partial charge in [-0.3, -0.25) is 4.57 Å². The zero-order chi connectivity index (χ0) is 14.8. The van der Waals surface area contributed by atoms with Gasteiger partial charge in [0.15, 0.2) is 11.6 Å². The van der Waals surface area contributed by atoms with E-state index in [4.69, 9.17) is 5.73 Å². The maximum atomic E-state index is 6.17. The molecular weight excluding hydrogens is 264 g/mol. The predicted molar refractivity (Wildman–Crippen MR) is 82.8 cm³/mol. The first-order valence-corrected chi connectivity index (χ1v) is 6.58. The van der Waals surface area contributed by atoms with E-state index in [-0.39, 0.29) is 0 Å². The second-order valence-corrected chi connectivity index (χ2v) is 4.87. The molecule has 3 rings (SSSR count). The molecule has 2 heterocycles. The number of nitrogens with zero attached hydrogens (tertiary/aromatic N) is 4. The lowest BCUT2D eigenvalue weighted by molar-refractivity contribution is 0.977. The van der Waals surface area contributed by atoms with E-state index in [9.17, 15) is 0 Å². The van der Waals surface area contributed by atoms with E-state index in [1.807, 2.05) is 19.1 Å². The normalized spacial score (nSPS) is 10.6. The summed E-state index contributed by atoms with van der Waals surface area (Å²) in [6.45, 7) is 4.11. The smallest absolute Gasteiger partial charge is 0.166 e. The Morgan fingerprint density at radius 1 is 1.19 bits per heavy atom. The van der Waals surface area contributed by atoms with E-state index in [0.29, 0.717) is 17.3 Å². The van der Waals surface area contributed by atoms with Crippen LogP contribution in [0.3, 0.4) is 0 Å². The number of nitrogen functional groups attached to an aromatic ring is 1. The van der Waals surface area contributed by atoms with Gasteiger partial charge in [0, 0.05) is 18.1 Å². The number of aromatic nitrogens is 4. The molecule has 106 valence electrons. The van der Waals surface area contributed by atoms with E-state index in [2.05, 4.69) is 33.3 Å². The number of imidazole rings is 1. The summed E-state index contributed by atoms with van der Waals surface area (Å²) in [5, 5.41) is 3.26. The molecule has 21 heavy (non-hydrogen) atoms. The number of rotatable bonds is 3. The van der Waals surface area contributed by atoms with Crippen LogP contribution < -0.4 is 11.1 Å². The Labute approximate surface area is 122 Å². The number of benzene rings is 1. The van der Waals surface area contributed by atoms with E-state index in [1.165, 1.54) is 11.9 Å². The lowest BCUT2D eigenvalue weighted by Gasteiger charge is -2.13. The molecule has 0 saturated heterocycles. The first-order chi connectivity index (χ1) is 10.1. The highest BCUT2D eigenvalue weighted by atomic mass is 15.1. The van der Waals surface area contributed by atoms with Gasteiger partial charge in [-0.05, 0) is 25.5 Å². The summed E-state index contributed by atoms with van der Waals surface area (Å²) in [4.78, 5) is 12.4. The summed E-state index contributed by atoms with van der Waals surface area (Å²) in [6, 6.07) is 6.17. The fourth-order valence-electron chi connectivity index (χ4n) is 2.16. The lowest BCUT2D eigenvalue weighted by atomic mass is 10.1. The maximum absolute atomic E-state index is 6.17. The van der Waals surface area contributed by atoms with Crippen LogP contribution >= 0.6 is 0 Å². The van der Waals surface area contributed by atoms with E-state index in [0.717, 1.165) is 11.3 Å². The number of aryl methyl sites for hydroxylation is 2. The Balaban J connectivity index is 1.98. The third kappa shape index (κ3) is 2.55. The zero-order valence-electron chi connectivity index (χ0n) is 11.9. The Morgan fingerprint density at radius 3 is 2.76 bits per heavy atom. The van der Waals surface area contributed by atoms with Crippen LogP contribution in [0.1, 0.15) is 11.1 Å². The molecule has 6 heteroatoms. The summed E-state index contributed by atoms with van der Waals surface area (Å²) in [6.07, 6.45) is 6.61. The Morgan fingerprint density at radius 2 is 2.05 bits per heavy atom. The molecule has 6 nitrogen and oxygen atoms in total. The van der Waals surface area contributed by atoms with E-state index in [1.54, 1.807) is 23.3 Å². The average molecular weight is 280 g/mol. The molecule has 0 unspecified atom stereocenters. The average Bonchev–Trinajstić information content (AvgIpc) is 2.98. The lowest BCUT2D eigenvalue weighted by Crippen LogP contribution is -2.07. The highest BCUT2D eigenvalue weighted by molar-refractivity contribution is 5.75. The van der Waals surface area contributed by atoms with Crippen LogP contribution in [0.25, 0.3) is 5.82 Å². The van der Waals surface area contributed by atoms with Crippen LogP contribution in [-0.2, 0) is 0 Å². The van der Waals surface area contributed by atoms with Crippen molar-refractivity contribution < 1.29 is 0 Å². The third-order valence-electron chi connectivity index (χ3n) is 3.25. The summed E-state index contributed by atoms with van der Waals surface area (Å²) in [7, 11) is 0. The van der Waals surface area contributed by atoms with Gasteiger partial charge in [-0.25, -0.2) is 15.0 Å². The SMILES string of the molecule is Cc1ccc(Nc2ncnc(-n3ccnc3)c2N)c(C)c1. The van der Waals surface area contributed by atoms with Crippen LogP contribution in [0.5, 0.6) is 0 Å². The molecule has 0 spiro atoms. The Kier molecular flexibility index (Phi) is 3.27. The van der Waals surface area contributed by atoms with Crippen LogP contribution in [0.4, 0.5) is 17.2 Å². The van der Waals surface area contributed by atoms with Crippen LogP contribution in [0.15, 0.2) is 43.2 Å². The fraction of sp³-hybridized carbons (Fsp3) is 0.133. The van der Waals surface area contributed by atoms with Gasteiger partial charge < -0.3 is 11.1 Å². The van der Waals surface area contributed by atoms with Crippen molar-refractivity contribution in [1.82, 2.24) is 19.5 Å². The van der Waals surface area contributed by atoms with Crippen molar-refractivity contribution in [2.24, 2.45) is 0 Å². The number of hydrogen-bond donors (Lipinski definition) is 2. The molecule has 3 aromatic rings. The van der Waals surface area contributed by atoms with Gasteiger partial charge in [0.05, 0.1) is 0 Å². The van der Waals surface area contributed by atoms with Gasteiger partial charge in [0.1, 0.15) is 18.3 Å². The predicted octanol–water partition coefficient (Wildman–Crippen LogP) is 2.60. The monoisotopic (exact) mass is 280 g/mol. The highest BCUT2D eigenvalue weighted by Crippen LogP contribution is 2.26. The number of nitrogens with two attached hydrogens (primary N) is 1. The standard InChI is InChI=1S/C15H16N6/c1-10-3-4-12(11(2)7-10)20-14-13(16)15(19-8-18-14)21-6-5-17-9-21/h3-9H,16H2,1-2H3,(H,18,19,20). The summed E-state index contributed by atoms with van der Waals surface area (Å²) in [5.41, 5.74) is 9.97. The quantitative estimate of drug-likeness (QED) is 0.770. The fourth-order valence-corrected chi connectivity index (χ4v) is 2.16. The highest BCUT2D eigenvalue weighted by Gasteiger charge is 2.10. The summed E-state index contributed by atoms with van der Waals surface area (Å²) < 4.78 is 1.75. The molecule has 3 N–H and O–H groups in total. The second-order valence-electron chi connectivity index (χ2n) is 4.87. The van der Waals surface area contributed by atoms with Crippen LogP contribution in [-0.4, -0.2) is 19.5 Å². The van der Waals surface area contributed by atoms with Crippen LogP contribution in [0.2, 0.25) is 0 Å². The van der Waals surface area contributed by atoms with Crippen LogP contribution in [0, 0.1) is 13.8 Å². The number of anilines is 3. The molecule has 0 aliphatic carbocycles. The number of hydrogen-bond acceptors (Lipinski definition) is 5. The van der Waals surface area contributed by atoms with Gasteiger partial charge in [0.25, 0.3) is 0 Å². The molecule has 0 amide bonds. The minimum atomic E-state index is 0.482.